The molecular formula is C10H12N4O2S. The molecule has 1 aliphatic heterocycles. The van der Waals surface area contributed by atoms with Gasteiger partial charge >= 0.3 is 0 Å². The summed E-state index contributed by atoms with van der Waals surface area (Å²) in [6.07, 6.45) is 1.42. The maximum Gasteiger partial charge on any atom is 0.267 e. The van der Waals surface area contributed by atoms with Crippen molar-refractivity contribution in [3.8, 4) is 0 Å². The van der Waals surface area contributed by atoms with Gasteiger partial charge in [-0.2, -0.15) is 5.10 Å². The molecule has 0 fully saturated rings. The van der Waals surface area contributed by atoms with E-state index in [1.165, 1.54) is 11.3 Å². The molecule has 0 spiro atoms. The van der Waals surface area contributed by atoms with E-state index >= 15 is 0 Å². The molecule has 2 rings (SSSR count). The molecule has 1 aromatic heterocycles. The van der Waals surface area contributed by atoms with Gasteiger partial charge in [0, 0.05) is 31.2 Å². The SMILES string of the molecule is O=C1CCC(C(=O)NCCc2cscn2)=NN1. The molecule has 0 aromatic carbocycles. The molecule has 1 aliphatic rings. The summed E-state index contributed by atoms with van der Waals surface area (Å²) >= 11 is 1.53. The van der Waals surface area contributed by atoms with Crippen molar-refractivity contribution in [3.05, 3.63) is 16.6 Å². The molecule has 0 unspecified atom stereocenters. The minimum Gasteiger partial charge on any atom is -0.351 e. The number of hydrogen-bond donors (Lipinski definition) is 2. The van der Waals surface area contributed by atoms with Crippen LogP contribution in [0.5, 0.6) is 0 Å². The standard InChI is InChI=1S/C10H12N4O2S/c15-9-2-1-8(13-14-9)10(16)11-4-3-7-5-17-6-12-7/h5-6H,1-4H2,(H,11,16)(H,14,15). The van der Waals surface area contributed by atoms with Gasteiger partial charge in [-0.25, -0.2) is 10.4 Å². The zero-order valence-corrected chi connectivity index (χ0v) is 9.92. The number of carbonyl (C=O) groups excluding carboxylic acids is 2. The maximum absolute atomic E-state index is 11.6. The van der Waals surface area contributed by atoms with E-state index in [2.05, 4.69) is 20.8 Å². The molecule has 2 N–H and O–H groups in total. The van der Waals surface area contributed by atoms with Crippen molar-refractivity contribution in [2.24, 2.45) is 5.10 Å². The van der Waals surface area contributed by atoms with Crippen molar-refractivity contribution < 1.29 is 9.59 Å². The Morgan fingerprint density at radius 1 is 1.53 bits per heavy atom. The minimum absolute atomic E-state index is 0.149. The average molecular weight is 252 g/mol. The van der Waals surface area contributed by atoms with Gasteiger partial charge in [-0.15, -0.1) is 11.3 Å². The zero-order valence-electron chi connectivity index (χ0n) is 9.10. The van der Waals surface area contributed by atoms with Gasteiger partial charge in [0.1, 0.15) is 5.71 Å². The van der Waals surface area contributed by atoms with Crippen LogP contribution in [0.1, 0.15) is 18.5 Å². The molecule has 17 heavy (non-hydrogen) atoms. The van der Waals surface area contributed by atoms with Crippen molar-refractivity contribution in [2.75, 3.05) is 6.54 Å². The number of nitrogens with zero attached hydrogens (tertiary/aromatic N) is 2. The number of aromatic nitrogens is 1. The van der Waals surface area contributed by atoms with E-state index in [9.17, 15) is 9.59 Å². The Hall–Kier alpha value is -1.76. The van der Waals surface area contributed by atoms with Crippen molar-refractivity contribution >= 4 is 28.9 Å². The monoisotopic (exact) mass is 252 g/mol. The lowest BCUT2D eigenvalue weighted by Gasteiger charge is -2.11. The van der Waals surface area contributed by atoms with Gasteiger partial charge in [-0.05, 0) is 0 Å². The topological polar surface area (TPSA) is 83.5 Å². The molecule has 2 heterocycles. The normalized spacial score (nSPS) is 15.1. The van der Waals surface area contributed by atoms with Gasteiger partial charge in [-0.3, -0.25) is 9.59 Å². The van der Waals surface area contributed by atoms with Gasteiger partial charge in [0.25, 0.3) is 5.91 Å². The first-order valence-corrected chi connectivity index (χ1v) is 6.20. The first kappa shape index (κ1) is 11.7. The fraction of sp³-hybridized carbons (Fsp3) is 0.400. The molecule has 1 aromatic rings. The Balaban J connectivity index is 1.76. The lowest BCUT2D eigenvalue weighted by molar-refractivity contribution is -0.121. The van der Waals surface area contributed by atoms with Crippen molar-refractivity contribution in [3.63, 3.8) is 0 Å². The van der Waals surface area contributed by atoms with E-state index < -0.39 is 0 Å². The van der Waals surface area contributed by atoms with Gasteiger partial charge < -0.3 is 5.32 Å². The highest BCUT2D eigenvalue weighted by Crippen LogP contribution is 2.02. The molecule has 0 saturated heterocycles. The smallest absolute Gasteiger partial charge is 0.267 e. The number of nitrogens with one attached hydrogen (secondary N) is 2. The molecule has 6 nitrogen and oxygen atoms in total. The zero-order chi connectivity index (χ0) is 12.1. The van der Waals surface area contributed by atoms with Crippen LogP contribution < -0.4 is 10.7 Å². The average Bonchev–Trinajstić information content (AvgIpc) is 2.83. The third-order valence-electron chi connectivity index (χ3n) is 2.32. The van der Waals surface area contributed by atoms with Crippen LogP contribution in [0.2, 0.25) is 0 Å². The van der Waals surface area contributed by atoms with Gasteiger partial charge in [0.05, 0.1) is 11.2 Å². The Morgan fingerprint density at radius 2 is 2.41 bits per heavy atom. The van der Waals surface area contributed by atoms with Crippen LogP contribution in [-0.4, -0.2) is 29.1 Å². The van der Waals surface area contributed by atoms with E-state index in [1.807, 2.05) is 5.38 Å². The molecule has 0 aliphatic carbocycles. The fourth-order valence-electron chi connectivity index (χ4n) is 1.41. The lowest BCUT2D eigenvalue weighted by Crippen LogP contribution is -2.37. The van der Waals surface area contributed by atoms with Gasteiger partial charge in [0.2, 0.25) is 5.91 Å². The van der Waals surface area contributed by atoms with Crippen LogP contribution in [0.4, 0.5) is 0 Å². The van der Waals surface area contributed by atoms with Crippen LogP contribution in [0, 0.1) is 0 Å². The summed E-state index contributed by atoms with van der Waals surface area (Å²) in [5, 5.41) is 8.42. The minimum atomic E-state index is -0.222. The van der Waals surface area contributed by atoms with Gasteiger partial charge in [-0.1, -0.05) is 0 Å². The molecule has 0 atom stereocenters. The number of rotatable bonds is 4. The highest BCUT2D eigenvalue weighted by atomic mass is 32.1. The Bertz CT molecular complexity index is 441. The summed E-state index contributed by atoms with van der Waals surface area (Å²) in [7, 11) is 0. The third kappa shape index (κ3) is 3.35. The summed E-state index contributed by atoms with van der Waals surface area (Å²) in [5.74, 6) is -0.371. The molecule has 0 saturated carbocycles. The van der Waals surface area contributed by atoms with Crippen LogP contribution in [-0.2, 0) is 16.0 Å². The first-order valence-electron chi connectivity index (χ1n) is 5.26. The predicted molar refractivity (Wildman–Crippen MR) is 63.6 cm³/mol. The second kappa shape index (κ2) is 5.53. The second-order valence-corrected chi connectivity index (χ2v) is 4.30. The molecule has 2 amide bonds. The number of thiazole rings is 1. The van der Waals surface area contributed by atoms with Crippen LogP contribution >= 0.6 is 11.3 Å². The van der Waals surface area contributed by atoms with Crippen LogP contribution in [0.25, 0.3) is 0 Å². The molecule has 90 valence electrons. The summed E-state index contributed by atoms with van der Waals surface area (Å²) in [6.45, 7) is 0.523. The van der Waals surface area contributed by atoms with E-state index in [0.717, 1.165) is 5.69 Å². The first-order chi connectivity index (χ1) is 8.25. The molecule has 7 heteroatoms. The molecule has 0 radical (unpaired) electrons. The highest BCUT2D eigenvalue weighted by Gasteiger charge is 2.17. The van der Waals surface area contributed by atoms with Crippen molar-refractivity contribution in [1.29, 1.82) is 0 Å². The van der Waals surface area contributed by atoms with E-state index in [4.69, 9.17) is 0 Å². The molecule has 0 bridgehead atoms. The fourth-order valence-corrected chi connectivity index (χ4v) is 2.00. The summed E-state index contributed by atoms with van der Waals surface area (Å²) in [4.78, 5) is 26.6. The van der Waals surface area contributed by atoms with Crippen LogP contribution in [0.15, 0.2) is 16.0 Å². The number of carbonyl (C=O) groups is 2. The molecular weight excluding hydrogens is 240 g/mol. The van der Waals surface area contributed by atoms with E-state index in [1.54, 1.807) is 5.51 Å². The largest absolute Gasteiger partial charge is 0.351 e. The third-order valence-corrected chi connectivity index (χ3v) is 2.95. The lowest BCUT2D eigenvalue weighted by atomic mass is 10.1. The van der Waals surface area contributed by atoms with Gasteiger partial charge in [0.15, 0.2) is 0 Å². The number of hydrazone groups is 1. The maximum atomic E-state index is 11.6. The Kier molecular flexibility index (Phi) is 3.81. The second-order valence-electron chi connectivity index (χ2n) is 3.58. The van der Waals surface area contributed by atoms with E-state index in [-0.39, 0.29) is 11.8 Å². The van der Waals surface area contributed by atoms with Crippen molar-refractivity contribution in [1.82, 2.24) is 15.7 Å². The quantitative estimate of drug-likeness (QED) is 0.795. The van der Waals surface area contributed by atoms with E-state index in [0.29, 0.717) is 31.5 Å². The van der Waals surface area contributed by atoms with Crippen molar-refractivity contribution in [2.45, 2.75) is 19.3 Å². The summed E-state index contributed by atoms with van der Waals surface area (Å²) in [6, 6.07) is 0. The Labute approximate surface area is 102 Å². The predicted octanol–water partition coefficient (Wildman–Crippen LogP) is 0.0678. The summed E-state index contributed by atoms with van der Waals surface area (Å²) in [5.41, 5.74) is 5.40. The highest BCUT2D eigenvalue weighted by molar-refractivity contribution is 7.07. The summed E-state index contributed by atoms with van der Waals surface area (Å²) < 4.78 is 0. The number of amides is 2. The van der Waals surface area contributed by atoms with Crippen LogP contribution in [0.3, 0.4) is 0 Å². The number of hydrogen-bond acceptors (Lipinski definition) is 5. The Morgan fingerprint density at radius 3 is 3.06 bits per heavy atom.